The Bertz CT molecular complexity index is 1200. The van der Waals surface area contributed by atoms with Gasteiger partial charge in [-0.15, -0.1) is 0 Å². The minimum Gasteiger partial charge on any atom is -0.478 e. The molecule has 15 heteroatoms. The van der Waals surface area contributed by atoms with Crippen LogP contribution in [0.25, 0.3) is 5.69 Å². The summed E-state index contributed by atoms with van der Waals surface area (Å²) in [5.41, 5.74) is -3.64. The van der Waals surface area contributed by atoms with Gasteiger partial charge in [0.05, 0.1) is 16.8 Å². The van der Waals surface area contributed by atoms with Crippen molar-refractivity contribution in [1.82, 2.24) is 14.8 Å². The van der Waals surface area contributed by atoms with Gasteiger partial charge in [-0.25, -0.2) is 46.4 Å². The van der Waals surface area contributed by atoms with Gasteiger partial charge in [-0.3, -0.25) is 0 Å². The fourth-order valence-corrected chi connectivity index (χ4v) is 2.37. The van der Waals surface area contributed by atoms with Crippen molar-refractivity contribution >= 4 is 23.9 Å². The van der Waals surface area contributed by atoms with Gasteiger partial charge in [0.25, 0.3) is 0 Å². The second-order valence-electron chi connectivity index (χ2n) is 5.80. The summed E-state index contributed by atoms with van der Waals surface area (Å²) in [6.45, 7) is 0. The van der Waals surface area contributed by atoms with Crippen LogP contribution in [0.15, 0.2) is 30.9 Å². The summed E-state index contributed by atoms with van der Waals surface area (Å²) in [5, 5.41) is 38.1. The molecule has 0 spiro atoms. The molecule has 4 N–H and O–H groups in total. The first-order chi connectivity index (χ1) is 15.4. The van der Waals surface area contributed by atoms with Gasteiger partial charge in [-0.2, -0.15) is 5.10 Å². The van der Waals surface area contributed by atoms with E-state index in [-0.39, 0.29) is 16.8 Å². The van der Waals surface area contributed by atoms with E-state index in [2.05, 4.69) is 10.1 Å². The maximum atomic E-state index is 12.9. The molecule has 0 aliphatic rings. The zero-order chi connectivity index (χ0) is 25.0. The first-order valence-electron chi connectivity index (χ1n) is 8.16. The standard InChI is InChI=1S/C10H7N3O4.C8H2F4O4/c14-9(15)6-1-2-7(10(16)17)8(3-6)13-5-11-4-12-13;9-3-1(7(13)14)4(10)6(12)2(5(3)11)8(15)16/h1-5H,(H,14,15)(H,16,17);(H,13,14)(H,15,16). The largest absolute Gasteiger partial charge is 0.478 e. The highest BCUT2D eigenvalue weighted by atomic mass is 19.2. The molecule has 0 aliphatic heterocycles. The Hall–Kier alpha value is -4.82. The summed E-state index contributed by atoms with van der Waals surface area (Å²) in [5.74, 6) is -15.8. The third-order valence-corrected chi connectivity index (χ3v) is 3.83. The lowest BCUT2D eigenvalue weighted by atomic mass is 10.1. The first kappa shape index (κ1) is 24.4. The summed E-state index contributed by atoms with van der Waals surface area (Å²) in [6.07, 6.45) is 2.53. The molecule has 1 heterocycles. The number of aromatic nitrogens is 3. The van der Waals surface area contributed by atoms with E-state index in [1.165, 1.54) is 35.5 Å². The molecule has 0 aliphatic carbocycles. The van der Waals surface area contributed by atoms with Crippen molar-refractivity contribution in [3.63, 3.8) is 0 Å². The molecule has 0 amide bonds. The highest BCUT2D eigenvalue weighted by Gasteiger charge is 2.32. The molecule has 1 aromatic heterocycles. The number of hydrogen-bond acceptors (Lipinski definition) is 6. The molecule has 3 rings (SSSR count). The first-order valence-corrected chi connectivity index (χ1v) is 8.16. The van der Waals surface area contributed by atoms with E-state index in [1.807, 2.05) is 0 Å². The summed E-state index contributed by atoms with van der Waals surface area (Å²) in [4.78, 5) is 46.0. The van der Waals surface area contributed by atoms with Gasteiger partial charge in [0.1, 0.15) is 23.8 Å². The summed E-state index contributed by atoms with van der Waals surface area (Å²) in [6, 6.07) is 3.69. The monoisotopic (exact) mass is 471 g/mol. The fourth-order valence-electron chi connectivity index (χ4n) is 2.37. The summed E-state index contributed by atoms with van der Waals surface area (Å²) < 4.78 is 52.8. The highest BCUT2D eigenvalue weighted by Crippen LogP contribution is 2.24. The van der Waals surface area contributed by atoms with Crippen molar-refractivity contribution in [3.05, 3.63) is 76.4 Å². The van der Waals surface area contributed by atoms with Crippen LogP contribution in [0, 0.1) is 23.3 Å². The molecule has 2 aromatic carbocycles. The number of halogens is 4. The number of aromatic carboxylic acids is 4. The SMILES string of the molecule is O=C(O)c1c(F)c(F)c(C(=O)O)c(F)c1F.O=C(O)c1ccc(C(=O)O)c(-n2cncn2)c1. The molecule has 172 valence electrons. The second-order valence-corrected chi connectivity index (χ2v) is 5.80. The van der Waals surface area contributed by atoms with Crippen LogP contribution in [0.1, 0.15) is 41.4 Å². The lowest BCUT2D eigenvalue weighted by molar-refractivity contribution is 0.0658. The number of carboxylic acids is 4. The smallest absolute Gasteiger partial charge is 0.341 e. The van der Waals surface area contributed by atoms with E-state index in [0.717, 1.165) is 0 Å². The van der Waals surface area contributed by atoms with Crippen LogP contribution < -0.4 is 0 Å². The van der Waals surface area contributed by atoms with Crippen molar-refractivity contribution in [1.29, 1.82) is 0 Å². The van der Waals surface area contributed by atoms with Gasteiger partial charge in [0.2, 0.25) is 0 Å². The van der Waals surface area contributed by atoms with E-state index >= 15 is 0 Å². The predicted octanol–water partition coefficient (Wildman–Crippen LogP) is 2.30. The Labute approximate surface area is 178 Å². The minimum atomic E-state index is -2.26. The molecule has 0 bridgehead atoms. The number of rotatable bonds is 5. The lowest BCUT2D eigenvalue weighted by Gasteiger charge is -2.06. The van der Waals surface area contributed by atoms with Crippen molar-refractivity contribution in [2.75, 3.05) is 0 Å². The van der Waals surface area contributed by atoms with Gasteiger partial charge in [-0.05, 0) is 18.2 Å². The topological polar surface area (TPSA) is 180 Å². The minimum absolute atomic E-state index is 0.0134. The van der Waals surface area contributed by atoms with Crippen LogP contribution >= 0.6 is 0 Å². The quantitative estimate of drug-likeness (QED) is 0.318. The maximum Gasteiger partial charge on any atom is 0.341 e. The molecule has 0 fully saturated rings. The average molecular weight is 471 g/mol. The van der Waals surface area contributed by atoms with E-state index < -0.39 is 58.3 Å². The molecule has 3 aromatic rings. The average Bonchev–Trinajstić information content (AvgIpc) is 3.27. The van der Waals surface area contributed by atoms with Crippen LogP contribution in [0.3, 0.4) is 0 Å². The van der Waals surface area contributed by atoms with Crippen molar-refractivity contribution in [3.8, 4) is 5.69 Å². The summed E-state index contributed by atoms with van der Waals surface area (Å²) in [7, 11) is 0. The number of carboxylic acid groups (broad SMARTS) is 4. The Kier molecular flexibility index (Phi) is 7.07. The van der Waals surface area contributed by atoms with E-state index in [1.54, 1.807) is 0 Å². The van der Waals surface area contributed by atoms with Gasteiger partial charge in [0.15, 0.2) is 23.3 Å². The molecule has 11 nitrogen and oxygen atoms in total. The normalized spacial score (nSPS) is 10.2. The number of hydrogen-bond donors (Lipinski definition) is 4. The van der Waals surface area contributed by atoms with E-state index in [4.69, 9.17) is 20.4 Å². The van der Waals surface area contributed by atoms with Gasteiger partial charge < -0.3 is 20.4 Å². The van der Waals surface area contributed by atoms with Crippen molar-refractivity contribution in [2.45, 2.75) is 0 Å². The van der Waals surface area contributed by atoms with Crippen LogP contribution in [-0.4, -0.2) is 59.1 Å². The third-order valence-electron chi connectivity index (χ3n) is 3.83. The molecular weight excluding hydrogens is 462 g/mol. The Morgan fingerprint density at radius 1 is 0.727 bits per heavy atom. The number of nitrogens with zero attached hydrogens (tertiary/aromatic N) is 3. The molecule has 0 atom stereocenters. The Balaban J connectivity index is 0.000000234. The van der Waals surface area contributed by atoms with Gasteiger partial charge in [-0.1, -0.05) is 0 Å². The molecule has 0 unspecified atom stereocenters. The molecule has 0 saturated carbocycles. The van der Waals surface area contributed by atoms with E-state index in [0.29, 0.717) is 0 Å². The molecule has 33 heavy (non-hydrogen) atoms. The Morgan fingerprint density at radius 3 is 1.55 bits per heavy atom. The molecule has 0 radical (unpaired) electrons. The number of benzene rings is 2. The van der Waals surface area contributed by atoms with Crippen LogP contribution in [0.4, 0.5) is 17.6 Å². The zero-order valence-electron chi connectivity index (χ0n) is 15.7. The van der Waals surface area contributed by atoms with Crippen LogP contribution in [0.2, 0.25) is 0 Å². The van der Waals surface area contributed by atoms with Gasteiger partial charge >= 0.3 is 23.9 Å². The zero-order valence-corrected chi connectivity index (χ0v) is 15.7. The third kappa shape index (κ3) is 4.92. The fraction of sp³-hybridized carbons (Fsp3) is 0. The predicted molar refractivity (Wildman–Crippen MR) is 95.5 cm³/mol. The second kappa shape index (κ2) is 9.54. The van der Waals surface area contributed by atoms with Crippen molar-refractivity contribution < 1.29 is 57.2 Å². The van der Waals surface area contributed by atoms with E-state index in [9.17, 15) is 36.7 Å². The van der Waals surface area contributed by atoms with Crippen LogP contribution in [0.5, 0.6) is 0 Å². The lowest BCUT2D eigenvalue weighted by Crippen LogP contribution is -2.15. The highest BCUT2D eigenvalue weighted by molar-refractivity contribution is 5.95. The maximum absolute atomic E-state index is 12.9. The summed E-state index contributed by atoms with van der Waals surface area (Å²) >= 11 is 0. The molecule has 0 saturated heterocycles. The van der Waals surface area contributed by atoms with Gasteiger partial charge in [0, 0.05) is 0 Å². The molecular formula is C18H9F4N3O8. The number of carbonyl (C=O) groups is 4. The van der Waals surface area contributed by atoms with Crippen molar-refractivity contribution in [2.24, 2.45) is 0 Å². The Morgan fingerprint density at radius 2 is 1.21 bits per heavy atom. The van der Waals surface area contributed by atoms with Crippen LogP contribution in [-0.2, 0) is 0 Å².